The summed E-state index contributed by atoms with van der Waals surface area (Å²) in [6.07, 6.45) is -1.53. The van der Waals surface area contributed by atoms with Crippen LogP contribution in [0.3, 0.4) is 0 Å². The summed E-state index contributed by atoms with van der Waals surface area (Å²) in [5.74, 6) is -0.377. The minimum Gasteiger partial charge on any atom is -0.288 e. The normalized spacial score (nSPS) is 17.0. The van der Waals surface area contributed by atoms with Crippen molar-refractivity contribution in [3.05, 3.63) is 47.5 Å². The molecule has 0 unspecified atom stereocenters. The lowest BCUT2D eigenvalue weighted by molar-refractivity contribution is -0.190. The summed E-state index contributed by atoms with van der Waals surface area (Å²) in [5.41, 5.74) is 3.60. The van der Waals surface area contributed by atoms with Gasteiger partial charge in [-0.1, -0.05) is 49.7 Å². The molecule has 0 aliphatic carbocycles. The fourth-order valence-electron chi connectivity index (χ4n) is 3.42. The van der Waals surface area contributed by atoms with Crippen molar-refractivity contribution in [2.24, 2.45) is 0 Å². The molecule has 25 heavy (non-hydrogen) atoms. The second kappa shape index (κ2) is 7.04. The summed E-state index contributed by atoms with van der Waals surface area (Å²) in [7, 11) is 0. The van der Waals surface area contributed by atoms with Gasteiger partial charge in [-0.2, -0.15) is 13.2 Å². The molecule has 1 amide bonds. The summed E-state index contributed by atoms with van der Waals surface area (Å²) in [6, 6.07) is 8.73. The molecule has 2 aromatic carbocycles. The van der Waals surface area contributed by atoms with E-state index in [-0.39, 0.29) is 24.4 Å². The van der Waals surface area contributed by atoms with Gasteiger partial charge >= 0.3 is 6.18 Å². The van der Waals surface area contributed by atoms with Crippen molar-refractivity contribution in [1.29, 1.82) is 0 Å². The third-order valence-electron chi connectivity index (χ3n) is 4.61. The predicted octanol–water partition coefficient (Wildman–Crippen LogP) is 4.52. The highest BCUT2D eigenvalue weighted by Gasteiger charge is 2.47. The quantitative estimate of drug-likeness (QED) is 0.860. The fraction of sp³-hybridized carbons (Fsp3) is 0.421. The molecule has 1 saturated heterocycles. The molecule has 1 heterocycles. The Morgan fingerprint density at radius 2 is 1.88 bits per heavy atom. The van der Waals surface area contributed by atoms with Gasteiger partial charge in [-0.3, -0.25) is 10.2 Å². The molecule has 1 aliphatic rings. The van der Waals surface area contributed by atoms with E-state index in [9.17, 15) is 18.0 Å². The number of carbonyl (C=O) groups excluding carboxylic acids is 1. The maximum Gasteiger partial charge on any atom is 0.409 e. The van der Waals surface area contributed by atoms with Gasteiger partial charge in [0.15, 0.2) is 6.04 Å². The van der Waals surface area contributed by atoms with Gasteiger partial charge in [0.2, 0.25) is 5.91 Å². The number of hydrogen-bond donors (Lipinski definition) is 1. The second-order valence-corrected chi connectivity index (χ2v) is 6.39. The van der Waals surface area contributed by atoms with Gasteiger partial charge in [0.05, 0.1) is 0 Å². The van der Waals surface area contributed by atoms with Gasteiger partial charge in [-0.05, 0) is 34.7 Å². The zero-order chi connectivity index (χ0) is 18.0. The number of benzene rings is 2. The Balaban J connectivity index is 2.10. The van der Waals surface area contributed by atoms with Crippen LogP contribution in [0.25, 0.3) is 10.8 Å². The fourth-order valence-corrected chi connectivity index (χ4v) is 3.42. The number of nitrogens with one attached hydrogen (secondary N) is 1. The first-order valence-corrected chi connectivity index (χ1v) is 8.55. The van der Waals surface area contributed by atoms with E-state index in [4.69, 9.17) is 0 Å². The molecular formula is C19H21F3N2O. The molecule has 1 fully saturated rings. The molecule has 0 bridgehead atoms. The summed E-state index contributed by atoms with van der Waals surface area (Å²) in [6.45, 7) is 2.14. The topological polar surface area (TPSA) is 32.3 Å². The van der Waals surface area contributed by atoms with Gasteiger partial charge in [0, 0.05) is 13.0 Å². The smallest absolute Gasteiger partial charge is 0.288 e. The van der Waals surface area contributed by atoms with Gasteiger partial charge in [0.25, 0.3) is 0 Å². The molecule has 3 nitrogen and oxygen atoms in total. The monoisotopic (exact) mass is 350 g/mol. The van der Waals surface area contributed by atoms with E-state index in [2.05, 4.69) is 12.3 Å². The van der Waals surface area contributed by atoms with Crippen LogP contribution in [0.1, 0.15) is 43.4 Å². The van der Waals surface area contributed by atoms with Crippen LogP contribution in [0.2, 0.25) is 0 Å². The lowest BCUT2D eigenvalue weighted by Crippen LogP contribution is -2.43. The number of carbonyl (C=O) groups is 1. The maximum atomic E-state index is 13.8. The Labute approximate surface area is 144 Å². The first-order valence-electron chi connectivity index (χ1n) is 8.55. The number of unbranched alkanes of at least 4 members (excludes halogenated alkanes) is 1. The van der Waals surface area contributed by atoms with Crippen molar-refractivity contribution in [3.8, 4) is 0 Å². The van der Waals surface area contributed by atoms with Gasteiger partial charge in [-0.25, -0.2) is 5.01 Å². The van der Waals surface area contributed by atoms with E-state index < -0.39 is 12.2 Å². The van der Waals surface area contributed by atoms with E-state index >= 15 is 0 Å². The molecule has 2 aromatic rings. The Hall–Kier alpha value is -2.08. The van der Waals surface area contributed by atoms with Crippen molar-refractivity contribution >= 4 is 16.7 Å². The van der Waals surface area contributed by atoms with Crippen LogP contribution in [0.15, 0.2) is 36.4 Å². The number of fused-ring (bicyclic) bond motifs is 1. The molecule has 0 saturated carbocycles. The van der Waals surface area contributed by atoms with Crippen molar-refractivity contribution < 1.29 is 18.0 Å². The number of amides is 1. The third-order valence-corrected chi connectivity index (χ3v) is 4.61. The highest BCUT2D eigenvalue weighted by molar-refractivity contribution is 5.89. The number of rotatable bonds is 5. The molecule has 1 N–H and O–H groups in total. The summed E-state index contributed by atoms with van der Waals surface area (Å²) in [5, 5.41) is 2.46. The van der Waals surface area contributed by atoms with Crippen molar-refractivity contribution in [2.75, 3.05) is 6.54 Å². The van der Waals surface area contributed by atoms with Gasteiger partial charge in [-0.15, -0.1) is 0 Å². The average Bonchev–Trinajstić information content (AvgIpc) is 2.98. The largest absolute Gasteiger partial charge is 0.409 e. The summed E-state index contributed by atoms with van der Waals surface area (Å²) in [4.78, 5) is 11.4. The number of hydrazine groups is 1. The minimum atomic E-state index is -4.48. The zero-order valence-corrected chi connectivity index (χ0v) is 14.1. The van der Waals surface area contributed by atoms with Crippen molar-refractivity contribution in [2.45, 2.75) is 44.8 Å². The van der Waals surface area contributed by atoms with Crippen LogP contribution in [0.5, 0.6) is 0 Å². The highest BCUT2D eigenvalue weighted by atomic mass is 19.4. The van der Waals surface area contributed by atoms with Crippen molar-refractivity contribution in [3.63, 3.8) is 0 Å². The van der Waals surface area contributed by atoms with Crippen LogP contribution < -0.4 is 5.43 Å². The number of nitrogens with zero attached hydrogens (tertiary/aromatic N) is 1. The molecule has 134 valence electrons. The van der Waals surface area contributed by atoms with E-state index in [0.717, 1.165) is 35.2 Å². The minimum absolute atomic E-state index is 0.0505. The number of halogens is 3. The van der Waals surface area contributed by atoms with Crippen LogP contribution in [0, 0.1) is 0 Å². The molecule has 1 atom stereocenters. The van der Waals surface area contributed by atoms with Gasteiger partial charge < -0.3 is 0 Å². The zero-order valence-electron chi connectivity index (χ0n) is 14.1. The maximum absolute atomic E-state index is 13.8. The molecular weight excluding hydrogens is 329 g/mol. The van der Waals surface area contributed by atoms with Crippen LogP contribution in [0.4, 0.5) is 13.2 Å². The Bertz CT molecular complexity index is 773. The van der Waals surface area contributed by atoms with Gasteiger partial charge in [0.1, 0.15) is 0 Å². The van der Waals surface area contributed by atoms with Crippen LogP contribution >= 0.6 is 0 Å². The first-order chi connectivity index (χ1) is 11.9. The van der Waals surface area contributed by atoms with Crippen molar-refractivity contribution in [1.82, 2.24) is 10.4 Å². The third kappa shape index (κ3) is 3.63. The van der Waals surface area contributed by atoms with E-state index in [0.29, 0.717) is 5.39 Å². The van der Waals surface area contributed by atoms with Crippen LogP contribution in [-0.4, -0.2) is 23.6 Å². The molecule has 0 radical (unpaired) electrons. The molecule has 3 rings (SSSR count). The molecule has 1 aliphatic heterocycles. The Kier molecular flexibility index (Phi) is 4.99. The molecule has 6 heteroatoms. The summed E-state index contributed by atoms with van der Waals surface area (Å²) >= 11 is 0. The number of aryl methyl sites for hydroxylation is 1. The Morgan fingerprint density at radius 1 is 1.16 bits per heavy atom. The summed E-state index contributed by atoms with van der Waals surface area (Å²) < 4.78 is 41.5. The van der Waals surface area contributed by atoms with E-state index in [1.54, 1.807) is 24.3 Å². The number of hydrogen-bond acceptors (Lipinski definition) is 2. The first kappa shape index (κ1) is 17.7. The average molecular weight is 350 g/mol. The highest BCUT2D eigenvalue weighted by Crippen LogP contribution is 2.41. The lowest BCUT2D eigenvalue weighted by Gasteiger charge is -2.30. The molecule has 0 aromatic heterocycles. The second-order valence-electron chi connectivity index (χ2n) is 6.39. The standard InChI is InChI=1S/C19H21F3N2O/c1-2-3-6-13-9-10-16(15-8-5-4-7-14(13)15)18(19(20,21)22)24-12-11-17(25)23-24/h4-5,7-10,18H,2-3,6,11-12H2,1H3,(H,23,25)/t18-/m0/s1. The van der Waals surface area contributed by atoms with Crippen LogP contribution in [-0.2, 0) is 11.2 Å². The Morgan fingerprint density at radius 3 is 2.48 bits per heavy atom. The predicted molar refractivity (Wildman–Crippen MR) is 90.8 cm³/mol. The lowest BCUT2D eigenvalue weighted by atomic mass is 9.92. The van der Waals surface area contributed by atoms with E-state index in [1.165, 1.54) is 0 Å². The number of alkyl halides is 3. The van der Waals surface area contributed by atoms with E-state index in [1.807, 2.05) is 12.1 Å². The molecule has 0 spiro atoms. The SMILES string of the molecule is CCCCc1ccc([C@H](N2CCC(=O)N2)C(F)(F)F)c2ccccc12.